The molecule has 1 aromatic heterocycles. The first kappa shape index (κ1) is 12.9. The number of hydrogen-bond donors (Lipinski definition) is 1. The molecule has 0 saturated heterocycles. The van der Waals surface area contributed by atoms with Crippen LogP contribution in [0.3, 0.4) is 0 Å². The molecule has 17 heavy (non-hydrogen) atoms. The van der Waals surface area contributed by atoms with Gasteiger partial charge >= 0.3 is 0 Å². The second-order valence-electron chi connectivity index (χ2n) is 4.38. The fraction of sp³-hybridized carbons (Fsp3) is 0.462. The average molecular weight is 266 g/mol. The van der Waals surface area contributed by atoms with Gasteiger partial charge in [-0.1, -0.05) is 19.1 Å². The van der Waals surface area contributed by atoms with Crippen LogP contribution in [0.25, 0.3) is 10.2 Å². The normalized spacial score (nSPS) is 15.0. The molecule has 0 aliphatic heterocycles. The molecule has 2 N–H and O–H groups in total. The van der Waals surface area contributed by atoms with Crippen LogP contribution in [0.2, 0.25) is 0 Å². The molecule has 92 valence electrons. The SMILES string of the molecule is CSCC(C)C(N)Cc1nc2ccccc2s1. The maximum absolute atomic E-state index is 6.21. The first-order chi connectivity index (χ1) is 8.20. The van der Waals surface area contributed by atoms with E-state index in [1.54, 1.807) is 11.3 Å². The molecule has 0 spiro atoms. The minimum atomic E-state index is 0.211. The first-order valence-electron chi connectivity index (χ1n) is 5.79. The Bertz CT molecular complexity index is 448. The number of rotatable bonds is 5. The van der Waals surface area contributed by atoms with Crippen LogP contribution in [0.4, 0.5) is 0 Å². The summed E-state index contributed by atoms with van der Waals surface area (Å²) < 4.78 is 1.26. The molecular weight excluding hydrogens is 248 g/mol. The molecule has 0 amide bonds. The van der Waals surface area contributed by atoms with E-state index in [0.717, 1.165) is 22.7 Å². The lowest BCUT2D eigenvalue weighted by atomic mass is 10.0. The van der Waals surface area contributed by atoms with Crippen molar-refractivity contribution in [1.82, 2.24) is 4.98 Å². The molecule has 2 atom stereocenters. The van der Waals surface area contributed by atoms with Crippen molar-refractivity contribution in [2.45, 2.75) is 19.4 Å². The van der Waals surface area contributed by atoms with Crippen molar-refractivity contribution in [3.63, 3.8) is 0 Å². The second-order valence-corrected chi connectivity index (χ2v) is 6.40. The van der Waals surface area contributed by atoms with Gasteiger partial charge in [-0.2, -0.15) is 11.8 Å². The predicted molar refractivity (Wildman–Crippen MR) is 78.8 cm³/mol. The number of nitrogens with zero attached hydrogens (tertiary/aromatic N) is 1. The van der Waals surface area contributed by atoms with Crippen LogP contribution in [-0.2, 0) is 6.42 Å². The van der Waals surface area contributed by atoms with E-state index in [1.165, 1.54) is 4.70 Å². The summed E-state index contributed by atoms with van der Waals surface area (Å²) in [6.45, 7) is 2.22. The standard InChI is InChI=1S/C13H18N2S2/c1-9(8-16-2)10(14)7-13-15-11-5-3-4-6-12(11)17-13/h3-6,9-10H,7-8,14H2,1-2H3. The molecule has 2 unspecified atom stereocenters. The Morgan fingerprint density at radius 2 is 2.18 bits per heavy atom. The third-order valence-electron chi connectivity index (χ3n) is 2.91. The van der Waals surface area contributed by atoms with Crippen molar-refractivity contribution < 1.29 is 0 Å². The molecule has 0 aliphatic rings. The number of hydrogen-bond acceptors (Lipinski definition) is 4. The molecule has 1 aromatic carbocycles. The zero-order valence-corrected chi connectivity index (χ0v) is 11.9. The van der Waals surface area contributed by atoms with E-state index < -0.39 is 0 Å². The molecule has 0 radical (unpaired) electrons. The summed E-state index contributed by atoms with van der Waals surface area (Å²) >= 11 is 3.62. The van der Waals surface area contributed by atoms with Crippen molar-refractivity contribution in [1.29, 1.82) is 0 Å². The summed E-state index contributed by atoms with van der Waals surface area (Å²) in [4.78, 5) is 4.63. The van der Waals surface area contributed by atoms with Gasteiger partial charge in [0.1, 0.15) is 0 Å². The average Bonchev–Trinajstić information content (AvgIpc) is 2.71. The quantitative estimate of drug-likeness (QED) is 0.903. The smallest absolute Gasteiger partial charge is 0.0954 e. The fourth-order valence-electron chi connectivity index (χ4n) is 1.80. The van der Waals surface area contributed by atoms with E-state index in [4.69, 9.17) is 5.73 Å². The summed E-state index contributed by atoms with van der Waals surface area (Å²) in [6, 6.07) is 8.48. The van der Waals surface area contributed by atoms with Gasteiger partial charge < -0.3 is 5.73 Å². The van der Waals surface area contributed by atoms with Gasteiger partial charge in [-0.3, -0.25) is 0 Å². The number of para-hydroxylation sites is 1. The summed E-state index contributed by atoms with van der Waals surface area (Å²) in [7, 11) is 0. The molecule has 2 aromatic rings. The van der Waals surface area contributed by atoms with E-state index in [-0.39, 0.29) is 6.04 Å². The van der Waals surface area contributed by atoms with E-state index in [0.29, 0.717) is 5.92 Å². The lowest BCUT2D eigenvalue weighted by Gasteiger charge is -2.17. The molecule has 2 nitrogen and oxygen atoms in total. The van der Waals surface area contributed by atoms with Crippen LogP contribution in [0.1, 0.15) is 11.9 Å². The molecule has 4 heteroatoms. The van der Waals surface area contributed by atoms with E-state index in [1.807, 2.05) is 17.8 Å². The Kier molecular flexibility index (Phi) is 4.42. The molecular formula is C13H18N2S2. The third kappa shape index (κ3) is 3.21. The van der Waals surface area contributed by atoms with Crippen molar-refractivity contribution in [2.24, 2.45) is 11.7 Å². The lowest BCUT2D eigenvalue weighted by Crippen LogP contribution is -2.31. The Balaban J connectivity index is 2.07. The number of nitrogens with two attached hydrogens (primary N) is 1. The second kappa shape index (κ2) is 5.85. The van der Waals surface area contributed by atoms with Crippen LogP contribution in [0.15, 0.2) is 24.3 Å². The topological polar surface area (TPSA) is 38.9 Å². The molecule has 2 rings (SSSR count). The van der Waals surface area contributed by atoms with Crippen LogP contribution < -0.4 is 5.73 Å². The number of thioether (sulfide) groups is 1. The summed E-state index contributed by atoms with van der Waals surface area (Å²) in [5, 5.41) is 1.16. The highest BCUT2D eigenvalue weighted by Gasteiger charge is 2.15. The Labute approximate surface area is 111 Å². The van der Waals surface area contributed by atoms with Gasteiger partial charge in [0.2, 0.25) is 0 Å². The van der Waals surface area contributed by atoms with Gasteiger partial charge in [0, 0.05) is 12.5 Å². The maximum Gasteiger partial charge on any atom is 0.0954 e. The van der Waals surface area contributed by atoms with Gasteiger partial charge in [-0.15, -0.1) is 11.3 Å². The minimum Gasteiger partial charge on any atom is -0.327 e. The fourth-order valence-corrected chi connectivity index (χ4v) is 3.61. The molecule has 0 fully saturated rings. The van der Waals surface area contributed by atoms with Crippen molar-refractivity contribution >= 4 is 33.3 Å². The highest BCUT2D eigenvalue weighted by molar-refractivity contribution is 7.98. The Morgan fingerprint density at radius 3 is 2.88 bits per heavy atom. The van der Waals surface area contributed by atoms with Gasteiger partial charge in [0.15, 0.2) is 0 Å². The molecule has 0 aliphatic carbocycles. The molecule has 1 heterocycles. The third-order valence-corrected chi connectivity index (χ3v) is 4.83. The van der Waals surface area contributed by atoms with E-state index in [2.05, 4.69) is 36.4 Å². The zero-order valence-electron chi connectivity index (χ0n) is 10.2. The molecule has 0 saturated carbocycles. The lowest BCUT2D eigenvalue weighted by molar-refractivity contribution is 0.497. The van der Waals surface area contributed by atoms with Crippen molar-refractivity contribution in [3.05, 3.63) is 29.3 Å². The highest BCUT2D eigenvalue weighted by atomic mass is 32.2. The van der Waals surface area contributed by atoms with Gasteiger partial charge in [0.25, 0.3) is 0 Å². The van der Waals surface area contributed by atoms with Crippen LogP contribution in [-0.4, -0.2) is 23.0 Å². The Morgan fingerprint density at radius 1 is 1.41 bits per heavy atom. The van der Waals surface area contributed by atoms with Gasteiger partial charge in [-0.05, 0) is 30.1 Å². The number of fused-ring (bicyclic) bond motifs is 1. The number of thiazole rings is 1. The number of aromatic nitrogens is 1. The van der Waals surface area contributed by atoms with Crippen LogP contribution in [0.5, 0.6) is 0 Å². The maximum atomic E-state index is 6.21. The minimum absolute atomic E-state index is 0.211. The highest BCUT2D eigenvalue weighted by Crippen LogP contribution is 2.23. The Hall–Kier alpha value is -0.580. The number of benzene rings is 1. The van der Waals surface area contributed by atoms with Crippen LogP contribution in [0, 0.1) is 5.92 Å². The monoisotopic (exact) mass is 266 g/mol. The van der Waals surface area contributed by atoms with Gasteiger partial charge in [0.05, 0.1) is 15.2 Å². The first-order valence-corrected chi connectivity index (χ1v) is 8.00. The van der Waals surface area contributed by atoms with Crippen LogP contribution >= 0.6 is 23.1 Å². The summed E-state index contributed by atoms with van der Waals surface area (Å²) in [5.41, 5.74) is 7.31. The van der Waals surface area contributed by atoms with Crippen molar-refractivity contribution in [3.8, 4) is 0 Å². The van der Waals surface area contributed by atoms with Gasteiger partial charge in [-0.25, -0.2) is 4.98 Å². The van der Waals surface area contributed by atoms with E-state index >= 15 is 0 Å². The molecule has 0 bridgehead atoms. The van der Waals surface area contributed by atoms with Crippen molar-refractivity contribution in [2.75, 3.05) is 12.0 Å². The summed E-state index contributed by atoms with van der Waals surface area (Å²) in [5.74, 6) is 1.66. The predicted octanol–water partition coefficient (Wildman–Crippen LogP) is 3.17. The summed E-state index contributed by atoms with van der Waals surface area (Å²) in [6.07, 6.45) is 3.02. The van der Waals surface area contributed by atoms with E-state index in [9.17, 15) is 0 Å². The largest absolute Gasteiger partial charge is 0.327 e. The zero-order chi connectivity index (χ0) is 12.3.